The van der Waals surface area contributed by atoms with Crippen LogP contribution in [0.25, 0.3) is 0 Å². The number of hydrogen-bond donors (Lipinski definition) is 1. The van der Waals surface area contributed by atoms with Crippen molar-refractivity contribution in [3.8, 4) is 5.75 Å². The molecule has 4 nitrogen and oxygen atoms in total. The molecule has 1 N–H and O–H groups in total. The highest BCUT2D eigenvalue weighted by molar-refractivity contribution is 6.32. The zero-order valence-electron chi connectivity index (χ0n) is 13.2. The number of ether oxygens (including phenoxy) is 3. The molecular formula is C16H26ClNO3. The van der Waals surface area contributed by atoms with Gasteiger partial charge in [-0.2, -0.15) is 0 Å². The Labute approximate surface area is 132 Å². The van der Waals surface area contributed by atoms with Crippen molar-refractivity contribution in [3.05, 3.63) is 28.8 Å². The molecule has 0 aliphatic rings. The van der Waals surface area contributed by atoms with E-state index >= 15 is 0 Å². The van der Waals surface area contributed by atoms with E-state index in [1.807, 2.05) is 18.2 Å². The SMILES string of the molecule is COCCCOCCOc1ccc(CNC(C)C)cc1Cl. The van der Waals surface area contributed by atoms with Crippen LogP contribution in [-0.2, 0) is 16.0 Å². The predicted octanol–water partition coefficient (Wildman–Crippen LogP) is 3.27. The van der Waals surface area contributed by atoms with E-state index < -0.39 is 0 Å². The molecule has 0 aliphatic carbocycles. The van der Waals surface area contributed by atoms with Gasteiger partial charge in [-0.1, -0.05) is 31.5 Å². The molecule has 0 aliphatic heterocycles. The summed E-state index contributed by atoms with van der Waals surface area (Å²) in [6.45, 7) is 7.49. The molecule has 0 amide bonds. The third-order valence-corrected chi connectivity index (χ3v) is 3.13. The Kier molecular flexibility index (Phi) is 9.42. The van der Waals surface area contributed by atoms with E-state index in [9.17, 15) is 0 Å². The fourth-order valence-electron chi connectivity index (χ4n) is 1.71. The first-order chi connectivity index (χ1) is 10.1. The Balaban J connectivity index is 2.26. The van der Waals surface area contributed by atoms with E-state index in [4.69, 9.17) is 25.8 Å². The molecular weight excluding hydrogens is 290 g/mol. The normalized spacial score (nSPS) is 11.1. The summed E-state index contributed by atoms with van der Waals surface area (Å²) in [5.41, 5.74) is 1.15. The van der Waals surface area contributed by atoms with Gasteiger partial charge in [0.15, 0.2) is 0 Å². The molecule has 0 unspecified atom stereocenters. The van der Waals surface area contributed by atoms with Gasteiger partial charge in [-0.05, 0) is 24.1 Å². The highest BCUT2D eigenvalue weighted by Gasteiger charge is 2.04. The average Bonchev–Trinajstić information content (AvgIpc) is 2.46. The second-order valence-corrected chi connectivity index (χ2v) is 5.51. The summed E-state index contributed by atoms with van der Waals surface area (Å²) in [4.78, 5) is 0. The fraction of sp³-hybridized carbons (Fsp3) is 0.625. The van der Waals surface area contributed by atoms with E-state index in [0.717, 1.165) is 25.1 Å². The van der Waals surface area contributed by atoms with Crippen molar-refractivity contribution in [2.75, 3.05) is 33.5 Å². The minimum Gasteiger partial charge on any atom is -0.490 e. The van der Waals surface area contributed by atoms with Crippen LogP contribution in [0.1, 0.15) is 25.8 Å². The number of benzene rings is 1. The van der Waals surface area contributed by atoms with Gasteiger partial charge in [-0.15, -0.1) is 0 Å². The molecule has 0 saturated carbocycles. The number of nitrogens with one attached hydrogen (secondary N) is 1. The first-order valence-electron chi connectivity index (χ1n) is 7.34. The largest absolute Gasteiger partial charge is 0.490 e. The molecule has 0 bridgehead atoms. The Morgan fingerprint density at radius 3 is 2.62 bits per heavy atom. The van der Waals surface area contributed by atoms with Crippen LogP contribution < -0.4 is 10.1 Å². The van der Waals surface area contributed by atoms with Crippen LogP contribution in [0, 0.1) is 0 Å². The van der Waals surface area contributed by atoms with Gasteiger partial charge in [0.25, 0.3) is 0 Å². The van der Waals surface area contributed by atoms with Gasteiger partial charge < -0.3 is 19.5 Å². The van der Waals surface area contributed by atoms with Crippen molar-refractivity contribution in [1.29, 1.82) is 0 Å². The molecule has 0 heterocycles. The van der Waals surface area contributed by atoms with E-state index in [1.54, 1.807) is 7.11 Å². The van der Waals surface area contributed by atoms with Crippen LogP contribution in [-0.4, -0.2) is 39.6 Å². The molecule has 120 valence electrons. The lowest BCUT2D eigenvalue weighted by atomic mass is 10.2. The van der Waals surface area contributed by atoms with Crippen LogP contribution in [0.2, 0.25) is 5.02 Å². The van der Waals surface area contributed by atoms with E-state index in [-0.39, 0.29) is 0 Å². The van der Waals surface area contributed by atoms with E-state index in [2.05, 4.69) is 19.2 Å². The first-order valence-corrected chi connectivity index (χ1v) is 7.72. The van der Waals surface area contributed by atoms with Gasteiger partial charge in [-0.25, -0.2) is 0 Å². The Bertz CT molecular complexity index is 399. The minimum atomic E-state index is 0.454. The van der Waals surface area contributed by atoms with Gasteiger partial charge in [0, 0.05) is 32.9 Å². The van der Waals surface area contributed by atoms with Gasteiger partial charge in [0.2, 0.25) is 0 Å². The lowest BCUT2D eigenvalue weighted by Crippen LogP contribution is -2.21. The maximum absolute atomic E-state index is 6.22. The van der Waals surface area contributed by atoms with Crippen LogP contribution in [0.5, 0.6) is 5.75 Å². The van der Waals surface area contributed by atoms with Gasteiger partial charge in [-0.3, -0.25) is 0 Å². The fourth-order valence-corrected chi connectivity index (χ4v) is 1.97. The molecule has 1 rings (SSSR count). The monoisotopic (exact) mass is 315 g/mol. The minimum absolute atomic E-state index is 0.454. The standard InChI is InChI=1S/C16H26ClNO3/c1-13(2)18-12-14-5-6-16(15(17)11-14)21-10-9-20-8-4-7-19-3/h5-6,11,13,18H,4,7-10,12H2,1-3H3. The molecule has 0 radical (unpaired) electrons. The van der Waals surface area contributed by atoms with Crippen LogP contribution >= 0.6 is 11.6 Å². The molecule has 21 heavy (non-hydrogen) atoms. The van der Waals surface area contributed by atoms with Crippen molar-refractivity contribution in [2.24, 2.45) is 0 Å². The molecule has 5 heteroatoms. The van der Waals surface area contributed by atoms with Gasteiger partial charge >= 0.3 is 0 Å². The summed E-state index contributed by atoms with van der Waals surface area (Å²) in [6, 6.07) is 6.32. The molecule has 1 aromatic rings. The number of methoxy groups -OCH3 is 1. The van der Waals surface area contributed by atoms with Crippen molar-refractivity contribution in [1.82, 2.24) is 5.32 Å². The third kappa shape index (κ3) is 8.27. The number of halogens is 1. The van der Waals surface area contributed by atoms with E-state index in [1.165, 1.54) is 0 Å². The summed E-state index contributed by atoms with van der Waals surface area (Å²) in [6.07, 6.45) is 0.898. The second-order valence-electron chi connectivity index (χ2n) is 5.11. The first kappa shape index (κ1) is 18.2. The summed E-state index contributed by atoms with van der Waals surface area (Å²) in [5, 5.41) is 3.99. The molecule has 0 atom stereocenters. The van der Waals surface area contributed by atoms with Crippen molar-refractivity contribution < 1.29 is 14.2 Å². The smallest absolute Gasteiger partial charge is 0.138 e. The second kappa shape index (κ2) is 10.9. The highest BCUT2D eigenvalue weighted by Crippen LogP contribution is 2.25. The molecule has 0 aromatic heterocycles. The molecule has 0 spiro atoms. The lowest BCUT2D eigenvalue weighted by Gasteiger charge is -2.11. The average molecular weight is 316 g/mol. The Hall–Kier alpha value is -0.810. The summed E-state index contributed by atoms with van der Waals surface area (Å²) in [5.74, 6) is 0.699. The summed E-state index contributed by atoms with van der Waals surface area (Å²) in [7, 11) is 1.69. The summed E-state index contributed by atoms with van der Waals surface area (Å²) < 4.78 is 16.0. The van der Waals surface area contributed by atoms with Gasteiger partial charge in [0.1, 0.15) is 12.4 Å². The van der Waals surface area contributed by atoms with Crippen LogP contribution in [0.3, 0.4) is 0 Å². The van der Waals surface area contributed by atoms with Crippen LogP contribution in [0.15, 0.2) is 18.2 Å². The Morgan fingerprint density at radius 1 is 1.14 bits per heavy atom. The molecule has 0 fully saturated rings. The van der Waals surface area contributed by atoms with Crippen molar-refractivity contribution in [3.63, 3.8) is 0 Å². The third-order valence-electron chi connectivity index (χ3n) is 2.83. The zero-order valence-corrected chi connectivity index (χ0v) is 13.9. The Morgan fingerprint density at radius 2 is 1.95 bits per heavy atom. The number of rotatable bonds is 11. The number of hydrogen-bond acceptors (Lipinski definition) is 4. The predicted molar refractivity (Wildman–Crippen MR) is 86.2 cm³/mol. The summed E-state index contributed by atoms with van der Waals surface area (Å²) >= 11 is 6.22. The van der Waals surface area contributed by atoms with E-state index in [0.29, 0.717) is 36.6 Å². The van der Waals surface area contributed by atoms with Crippen molar-refractivity contribution in [2.45, 2.75) is 32.9 Å². The maximum atomic E-state index is 6.22. The molecule has 1 aromatic carbocycles. The lowest BCUT2D eigenvalue weighted by molar-refractivity contribution is 0.0807. The maximum Gasteiger partial charge on any atom is 0.138 e. The zero-order chi connectivity index (χ0) is 15.5. The van der Waals surface area contributed by atoms with Crippen LogP contribution in [0.4, 0.5) is 0 Å². The van der Waals surface area contributed by atoms with Crippen molar-refractivity contribution >= 4 is 11.6 Å². The molecule has 0 saturated heterocycles. The quantitative estimate of drug-likeness (QED) is 0.636. The topological polar surface area (TPSA) is 39.7 Å². The van der Waals surface area contributed by atoms with Gasteiger partial charge in [0.05, 0.1) is 11.6 Å². The highest BCUT2D eigenvalue weighted by atomic mass is 35.5.